The number of hydrogen-bond acceptors (Lipinski definition) is 4. The molecule has 1 aromatic carbocycles. The lowest BCUT2D eigenvalue weighted by atomic mass is 9.93. The van der Waals surface area contributed by atoms with Crippen LogP contribution in [-0.2, 0) is 20.4 Å². The highest BCUT2D eigenvalue weighted by Crippen LogP contribution is 2.35. The molecule has 1 aliphatic rings. The molecule has 0 amide bonds. The number of thiocarbonyl (C=S) groups is 1. The predicted molar refractivity (Wildman–Crippen MR) is 102 cm³/mol. The summed E-state index contributed by atoms with van der Waals surface area (Å²) in [4.78, 5) is 14.2. The zero-order valence-electron chi connectivity index (χ0n) is 15.9. The lowest BCUT2D eigenvalue weighted by Gasteiger charge is -2.37. The standard InChI is InChI=1S/C19H23F3N2O3S/c1-4-27-10-6-9-24-12(2)15(17(25)26-3)16(23-18(24)28)13-7-5-8-14(11-13)19(20,21)22/h5,7-8,11,16H,4,6,9-10H2,1-3H3,(H,23,28)/t16-/m1/s1. The highest BCUT2D eigenvalue weighted by molar-refractivity contribution is 7.80. The summed E-state index contributed by atoms with van der Waals surface area (Å²) in [6, 6.07) is 4.00. The molecule has 2 rings (SSSR count). The van der Waals surface area contributed by atoms with E-state index in [0.717, 1.165) is 12.1 Å². The quantitative estimate of drug-likeness (QED) is 0.415. The molecule has 0 radical (unpaired) electrons. The Labute approximate surface area is 167 Å². The van der Waals surface area contributed by atoms with E-state index < -0.39 is 23.8 Å². The van der Waals surface area contributed by atoms with Crippen LogP contribution in [0.1, 0.15) is 37.4 Å². The molecule has 0 bridgehead atoms. The van der Waals surface area contributed by atoms with Crippen molar-refractivity contribution in [3.8, 4) is 0 Å². The van der Waals surface area contributed by atoms with Crippen LogP contribution in [0.15, 0.2) is 35.5 Å². The summed E-state index contributed by atoms with van der Waals surface area (Å²) in [6.45, 7) is 5.25. The van der Waals surface area contributed by atoms with Gasteiger partial charge in [-0.3, -0.25) is 0 Å². The van der Waals surface area contributed by atoms with Crippen molar-refractivity contribution in [2.75, 3.05) is 26.9 Å². The van der Waals surface area contributed by atoms with Gasteiger partial charge in [0.05, 0.1) is 24.3 Å². The van der Waals surface area contributed by atoms with E-state index in [1.807, 2.05) is 6.92 Å². The minimum absolute atomic E-state index is 0.229. The third kappa shape index (κ3) is 5.02. The maximum Gasteiger partial charge on any atom is 0.416 e. The van der Waals surface area contributed by atoms with Crippen LogP contribution in [0, 0.1) is 0 Å². The van der Waals surface area contributed by atoms with Gasteiger partial charge in [0.1, 0.15) is 0 Å². The highest BCUT2D eigenvalue weighted by Gasteiger charge is 2.36. The Kier molecular flexibility index (Phi) is 7.42. The van der Waals surface area contributed by atoms with Gasteiger partial charge in [-0.2, -0.15) is 13.2 Å². The number of hydrogen-bond donors (Lipinski definition) is 1. The van der Waals surface area contributed by atoms with Gasteiger partial charge in [0.15, 0.2) is 5.11 Å². The molecule has 0 spiro atoms. The van der Waals surface area contributed by atoms with E-state index in [9.17, 15) is 18.0 Å². The molecule has 9 heteroatoms. The Hall–Kier alpha value is -2.13. The van der Waals surface area contributed by atoms with Gasteiger partial charge in [0.2, 0.25) is 0 Å². The summed E-state index contributed by atoms with van der Waals surface area (Å²) in [5, 5.41) is 3.33. The summed E-state index contributed by atoms with van der Waals surface area (Å²) in [5.41, 5.74) is 0.269. The monoisotopic (exact) mass is 416 g/mol. The van der Waals surface area contributed by atoms with Crippen LogP contribution in [0.4, 0.5) is 13.2 Å². The molecule has 0 aromatic heterocycles. The number of esters is 1. The number of benzene rings is 1. The summed E-state index contributed by atoms with van der Waals surface area (Å²) in [5.74, 6) is -0.621. The van der Waals surface area contributed by atoms with E-state index in [4.69, 9.17) is 21.7 Å². The number of carbonyl (C=O) groups is 1. The Balaban J connectivity index is 2.41. The van der Waals surface area contributed by atoms with Crippen LogP contribution < -0.4 is 5.32 Å². The van der Waals surface area contributed by atoms with E-state index >= 15 is 0 Å². The van der Waals surface area contributed by atoms with Gasteiger partial charge in [0, 0.05) is 25.5 Å². The summed E-state index contributed by atoms with van der Waals surface area (Å²) >= 11 is 5.41. The third-order valence-corrected chi connectivity index (χ3v) is 4.76. The number of carbonyl (C=O) groups excluding carboxylic acids is 1. The number of methoxy groups -OCH3 is 1. The summed E-state index contributed by atoms with van der Waals surface area (Å²) in [7, 11) is 1.23. The van der Waals surface area contributed by atoms with Crippen LogP contribution in [0.2, 0.25) is 0 Å². The number of nitrogens with one attached hydrogen (secondary N) is 1. The molecule has 0 saturated heterocycles. The first kappa shape index (κ1) is 22.2. The normalized spacial score (nSPS) is 17.6. The second-order valence-corrected chi connectivity index (χ2v) is 6.59. The van der Waals surface area contributed by atoms with Crippen molar-refractivity contribution in [3.05, 3.63) is 46.7 Å². The van der Waals surface area contributed by atoms with E-state index in [2.05, 4.69) is 5.32 Å². The molecule has 1 heterocycles. The van der Waals surface area contributed by atoms with Crippen LogP contribution >= 0.6 is 12.2 Å². The third-order valence-electron chi connectivity index (χ3n) is 4.42. The molecule has 0 unspecified atom stereocenters. The van der Waals surface area contributed by atoms with Gasteiger partial charge < -0.3 is 19.7 Å². The second-order valence-electron chi connectivity index (χ2n) is 6.20. The Morgan fingerprint density at radius 3 is 2.68 bits per heavy atom. The van der Waals surface area contributed by atoms with Crippen LogP contribution in [0.25, 0.3) is 0 Å². The Bertz CT molecular complexity index is 765. The maximum absolute atomic E-state index is 13.1. The number of alkyl halides is 3. The van der Waals surface area contributed by atoms with Gasteiger partial charge in [0.25, 0.3) is 0 Å². The van der Waals surface area contributed by atoms with E-state index in [0.29, 0.717) is 37.0 Å². The van der Waals surface area contributed by atoms with E-state index in [-0.39, 0.29) is 11.1 Å². The first-order valence-electron chi connectivity index (χ1n) is 8.82. The van der Waals surface area contributed by atoms with Crippen LogP contribution in [0.5, 0.6) is 0 Å². The molecular weight excluding hydrogens is 393 g/mol. The topological polar surface area (TPSA) is 50.8 Å². The molecule has 28 heavy (non-hydrogen) atoms. The fraction of sp³-hybridized carbons (Fsp3) is 0.474. The number of ether oxygens (including phenoxy) is 2. The van der Waals surface area contributed by atoms with Crippen molar-refractivity contribution in [1.82, 2.24) is 10.2 Å². The largest absolute Gasteiger partial charge is 0.466 e. The minimum Gasteiger partial charge on any atom is -0.466 e. The SMILES string of the molecule is CCOCCCN1C(=S)N[C@H](c2cccc(C(F)(F)F)c2)C(C(=O)OC)=C1C. The van der Waals surface area contributed by atoms with Crippen LogP contribution in [0.3, 0.4) is 0 Å². The molecule has 1 N–H and O–H groups in total. The van der Waals surface area contributed by atoms with Gasteiger partial charge in [-0.05, 0) is 50.2 Å². The number of halogens is 3. The Morgan fingerprint density at radius 2 is 2.07 bits per heavy atom. The van der Waals surface area contributed by atoms with Crippen molar-refractivity contribution < 1.29 is 27.4 Å². The van der Waals surface area contributed by atoms with Gasteiger partial charge in [-0.25, -0.2) is 4.79 Å². The Morgan fingerprint density at radius 1 is 1.36 bits per heavy atom. The highest BCUT2D eigenvalue weighted by atomic mass is 32.1. The summed E-state index contributed by atoms with van der Waals surface area (Å²) in [6.07, 6.45) is -3.81. The van der Waals surface area contributed by atoms with E-state index in [1.54, 1.807) is 11.8 Å². The fourth-order valence-electron chi connectivity index (χ4n) is 3.04. The molecule has 5 nitrogen and oxygen atoms in total. The van der Waals surface area contributed by atoms with Crippen molar-refractivity contribution >= 4 is 23.3 Å². The van der Waals surface area contributed by atoms with Gasteiger partial charge in [-0.1, -0.05) is 12.1 Å². The zero-order valence-corrected chi connectivity index (χ0v) is 16.7. The lowest BCUT2D eigenvalue weighted by Crippen LogP contribution is -2.48. The van der Waals surface area contributed by atoms with Gasteiger partial charge in [-0.15, -0.1) is 0 Å². The van der Waals surface area contributed by atoms with Crippen molar-refractivity contribution in [2.45, 2.75) is 32.5 Å². The van der Waals surface area contributed by atoms with Crippen LogP contribution in [-0.4, -0.2) is 42.8 Å². The lowest BCUT2D eigenvalue weighted by molar-refractivity contribution is -0.137. The number of allylic oxidation sites excluding steroid dienone is 1. The zero-order chi connectivity index (χ0) is 20.9. The average Bonchev–Trinajstić information content (AvgIpc) is 2.65. The van der Waals surface area contributed by atoms with Crippen molar-refractivity contribution in [2.24, 2.45) is 0 Å². The van der Waals surface area contributed by atoms with E-state index in [1.165, 1.54) is 19.2 Å². The molecular formula is C19H23F3N2O3S. The summed E-state index contributed by atoms with van der Waals surface area (Å²) < 4.78 is 49.5. The molecule has 0 saturated carbocycles. The fourth-order valence-corrected chi connectivity index (χ4v) is 3.38. The first-order chi connectivity index (χ1) is 13.2. The number of rotatable bonds is 7. The predicted octanol–water partition coefficient (Wildman–Crippen LogP) is 3.81. The molecule has 1 atom stereocenters. The minimum atomic E-state index is -4.49. The molecule has 154 valence electrons. The molecule has 0 fully saturated rings. The molecule has 0 aliphatic carbocycles. The molecule has 1 aliphatic heterocycles. The van der Waals surface area contributed by atoms with Crippen molar-refractivity contribution in [3.63, 3.8) is 0 Å². The van der Waals surface area contributed by atoms with Crippen molar-refractivity contribution in [1.29, 1.82) is 0 Å². The number of nitrogens with zero attached hydrogens (tertiary/aromatic N) is 1. The second kappa shape index (κ2) is 9.38. The average molecular weight is 416 g/mol. The maximum atomic E-state index is 13.1. The van der Waals surface area contributed by atoms with Gasteiger partial charge >= 0.3 is 12.1 Å². The smallest absolute Gasteiger partial charge is 0.416 e. The first-order valence-corrected chi connectivity index (χ1v) is 9.23. The molecule has 1 aromatic rings.